The molecular formula is C20H26F2O. The number of aldehydes is 1. The van der Waals surface area contributed by atoms with Crippen LogP contribution >= 0.6 is 0 Å². The molecule has 0 radical (unpaired) electrons. The molecule has 2 saturated carbocycles. The van der Waals surface area contributed by atoms with Crippen LogP contribution in [0.2, 0.25) is 0 Å². The van der Waals surface area contributed by atoms with Gasteiger partial charge in [0.25, 0.3) is 0 Å². The number of hydrogen-bond acceptors (Lipinski definition) is 1. The van der Waals surface area contributed by atoms with Gasteiger partial charge in [0.2, 0.25) is 0 Å². The Hall–Kier alpha value is -1.25. The molecule has 0 unspecified atom stereocenters. The van der Waals surface area contributed by atoms with Crippen molar-refractivity contribution in [3.63, 3.8) is 0 Å². The van der Waals surface area contributed by atoms with Crippen molar-refractivity contribution >= 4 is 6.29 Å². The van der Waals surface area contributed by atoms with Gasteiger partial charge in [-0.15, -0.1) is 0 Å². The zero-order valence-corrected chi connectivity index (χ0v) is 13.6. The Morgan fingerprint density at radius 2 is 1.48 bits per heavy atom. The molecule has 0 aliphatic heterocycles. The van der Waals surface area contributed by atoms with Crippen molar-refractivity contribution < 1.29 is 13.6 Å². The second-order valence-electron chi connectivity index (χ2n) is 7.47. The summed E-state index contributed by atoms with van der Waals surface area (Å²) in [5.74, 6) is 1.11. The molecule has 23 heavy (non-hydrogen) atoms. The standard InChI is InChI=1S/C20H26F2O/c21-19-10-9-18(13-20(19)22)17-7-5-16(6-8-17)15-3-1-14(2-4-15)11-12-23/h9-10,12-17H,1-8,11H2. The SMILES string of the molecule is O=CCC1CCC(C2CCC(c3ccc(F)c(F)c3)CC2)CC1. The van der Waals surface area contributed by atoms with Crippen LogP contribution in [0.3, 0.4) is 0 Å². The molecule has 0 spiro atoms. The first kappa shape index (κ1) is 16.6. The van der Waals surface area contributed by atoms with Crippen LogP contribution in [0.5, 0.6) is 0 Å². The van der Waals surface area contributed by atoms with Crippen LogP contribution in [0.15, 0.2) is 18.2 Å². The zero-order valence-electron chi connectivity index (χ0n) is 13.6. The fraction of sp³-hybridized carbons (Fsp3) is 0.650. The Bertz CT molecular complexity index is 526. The summed E-state index contributed by atoms with van der Waals surface area (Å²) in [6.07, 6.45) is 11.3. The van der Waals surface area contributed by atoms with E-state index in [4.69, 9.17) is 0 Å². The van der Waals surface area contributed by atoms with E-state index in [1.54, 1.807) is 6.07 Å². The molecule has 3 heteroatoms. The van der Waals surface area contributed by atoms with E-state index in [0.29, 0.717) is 11.8 Å². The van der Waals surface area contributed by atoms with E-state index in [2.05, 4.69) is 0 Å². The summed E-state index contributed by atoms with van der Waals surface area (Å²) in [6.45, 7) is 0. The molecule has 0 heterocycles. The molecule has 0 bridgehead atoms. The van der Waals surface area contributed by atoms with E-state index in [-0.39, 0.29) is 0 Å². The molecular weight excluding hydrogens is 294 g/mol. The Morgan fingerprint density at radius 3 is 2.04 bits per heavy atom. The predicted molar refractivity (Wildman–Crippen MR) is 87.2 cm³/mol. The van der Waals surface area contributed by atoms with Gasteiger partial charge >= 0.3 is 0 Å². The molecule has 3 rings (SSSR count). The summed E-state index contributed by atoms with van der Waals surface area (Å²) in [4.78, 5) is 10.6. The largest absolute Gasteiger partial charge is 0.303 e. The van der Waals surface area contributed by atoms with Gasteiger partial charge < -0.3 is 4.79 Å². The van der Waals surface area contributed by atoms with Crippen LogP contribution in [0.1, 0.15) is 69.3 Å². The molecule has 0 atom stereocenters. The molecule has 1 aromatic carbocycles. The van der Waals surface area contributed by atoms with Gasteiger partial charge in [-0.1, -0.05) is 6.07 Å². The predicted octanol–water partition coefficient (Wildman–Crippen LogP) is 5.63. The van der Waals surface area contributed by atoms with Crippen molar-refractivity contribution in [2.24, 2.45) is 17.8 Å². The molecule has 0 saturated heterocycles. The highest BCUT2D eigenvalue weighted by molar-refractivity contribution is 5.49. The summed E-state index contributed by atoms with van der Waals surface area (Å²) >= 11 is 0. The first-order chi connectivity index (χ1) is 11.2. The molecule has 2 aliphatic carbocycles. The van der Waals surface area contributed by atoms with Crippen molar-refractivity contribution in [3.8, 4) is 0 Å². The van der Waals surface area contributed by atoms with Gasteiger partial charge in [-0.25, -0.2) is 8.78 Å². The van der Waals surface area contributed by atoms with Gasteiger partial charge in [-0.2, -0.15) is 0 Å². The van der Waals surface area contributed by atoms with Crippen LogP contribution in [-0.2, 0) is 4.79 Å². The summed E-state index contributed by atoms with van der Waals surface area (Å²) in [5, 5.41) is 0. The molecule has 2 aliphatic rings. The number of halogens is 2. The third-order valence-corrected chi connectivity index (χ3v) is 6.17. The Kier molecular flexibility index (Phi) is 5.45. The van der Waals surface area contributed by atoms with Crippen LogP contribution in [0, 0.1) is 29.4 Å². The zero-order chi connectivity index (χ0) is 16.2. The maximum absolute atomic E-state index is 13.4. The molecule has 126 valence electrons. The average molecular weight is 320 g/mol. The van der Waals surface area contributed by atoms with Crippen LogP contribution in [0.25, 0.3) is 0 Å². The van der Waals surface area contributed by atoms with Gasteiger partial charge in [0, 0.05) is 6.42 Å². The number of carbonyl (C=O) groups is 1. The average Bonchev–Trinajstić information content (AvgIpc) is 2.59. The molecule has 0 N–H and O–H groups in total. The summed E-state index contributed by atoms with van der Waals surface area (Å²) in [5.41, 5.74) is 0.956. The third-order valence-electron chi connectivity index (χ3n) is 6.17. The van der Waals surface area contributed by atoms with Crippen molar-refractivity contribution in [2.45, 2.75) is 63.7 Å². The van der Waals surface area contributed by atoms with Crippen molar-refractivity contribution in [1.29, 1.82) is 0 Å². The third kappa shape index (κ3) is 3.99. The Balaban J connectivity index is 1.50. The van der Waals surface area contributed by atoms with Gasteiger partial charge in [-0.3, -0.25) is 0 Å². The van der Waals surface area contributed by atoms with Crippen molar-refractivity contribution in [3.05, 3.63) is 35.4 Å². The minimum atomic E-state index is -0.755. The monoisotopic (exact) mass is 320 g/mol. The van der Waals surface area contributed by atoms with Gasteiger partial charge in [-0.05, 0) is 92.7 Å². The fourth-order valence-corrected chi connectivity index (χ4v) is 4.72. The van der Waals surface area contributed by atoms with Crippen LogP contribution in [-0.4, -0.2) is 6.29 Å². The van der Waals surface area contributed by atoms with E-state index in [1.165, 1.54) is 50.7 Å². The second kappa shape index (κ2) is 7.55. The molecule has 0 amide bonds. The highest BCUT2D eigenvalue weighted by Crippen LogP contribution is 2.44. The number of hydrogen-bond donors (Lipinski definition) is 0. The van der Waals surface area contributed by atoms with Crippen LogP contribution < -0.4 is 0 Å². The van der Waals surface area contributed by atoms with E-state index in [0.717, 1.165) is 42.9 Å². The number of benzene rings is 1. The lowest BCUT2D eigenvalue weighted by Gasteiger charge is -2.37. The Labute approximate surface area is 137 Å². The summed E-state index contributed by atoms with van der Waals surface area (Å²) in [7, 11) is 0. The molecule has 1 nitrogen and oxygen atoms in total. The Morgan fingerprint density at radius 1 is 0.870 bits per heavy atom. The van der Waals surface area contributed by atoms with E-state index >= 15 is 0 Å². The lowest BCUT2D eigenvalue weighted by Crippen LogP contribution is -2.25. The first-order valence-corrected chi connectivity index (χ1v) is 9.06. The van der Waals surface area contributed by atoms with E-state index in [9.17, 15) is 13.6 Å². The summed E-state index contributed by atoms with van der Waals surface area (Å²) < 4.78 is 26.5. The lowest BCUT2D eigenvalue weighted by molar-refractivity contribution is -0.108. The minimum absolute atomic E-state index is 0.382. The maximum Gasteiger partial charge on any atom is 0.159 e. The highest BCUT2D eigenvalue weighted by atomic mass is 19.2. The smallest absolute Gasteiger partial charge is 0.159 e. The topological polar surface area (TPSA) is 17.1 Å². The number of carbonyl (C=O) groups excluding carboxylic acids is 1. The number of rotatable bonds is 4. The van der Waals surface area contributed by atoms with E-state index in [1.807, 2.05) is 0 Å². The normalized spacial score (nSPS) is 31.7. The van der Waals surface area contributed by atoms with Crippen LogP contribution in [0.4, 0.5) is 8.78 Å². The fourth-order valence-electron chi connectivity index (χ4n) is 4.72. The van der Waals surface area contributed by atoms with Crippen molar-refractivity contribution in [1.82, 2.24) is 0 Å². The maximum atomic E-state index is 13.4. The quantitative estimate of drug-likeness (QED) is 0.657. The second-order valence-corrected chi connectivity index (χ2v) is 7.47. The van der Waals surface area contributed by atoms with Crippen molar-refractivity contribution in [2.75, 3.05) is 0 Å². The van der Waals surface area contributed by atoms with Gasteiger partial charge in [0.15, 0.2) is 11.6 Å². The highest BCUT2D eigenvalue weighted by Gasteiger charge is 2.31. The lowest BCUT2D eigenvalue weighted by atomic mass is 9.68. The minimum Gasteiger partial charge on any atom is -0.303 e. The molecule has 0 aromatic heterocycles. The van der Waals surface area contributed by atoms with Gasteiger partial charge in [0.1, 0.15) is 6.29 Å². The first-order valence-electron chi connectivity index (χ1n) is 9.06. The summed E-state index contributed by atoms with van der Waals surface area (Å²) in [6, 6.07) is 4.38. The van der Waals surface area contributed by atoms with Gasteiger partial charge in [0.05, 0.1) is 0 Å². The molecule has 2 fully saturated rings. The molecule has 1 aromatic rings. The van der Waals surface area contributed by atoms with E-state index < -0.39 is 11.6 Å².